The molecule has 6 unspecified atom stereocenters. The molecule has 1 rings (SSSR count). The van der Waals surface area contributed by atoms with Crippen molar-refractivity contribution >= 4 is 19.8 Å². The van der Waals surface area contributed by atoms with Crippen LogP contribution in [0.3, 0.4) is 0 Å². The summed E-state index contributed by atoms with van der Waals surface area (Å²) in [6.07, 6.45) is 44.4. The lowest BCUT2D eigenvalue weighted by Crippen LogP contribution is -2.64. The zero-order valence-corrected chi connectivity index (χ0v) is 45.4. The van der Waals surface area contributed by atoms with Gasteiger partial charge in [-0.15, -0.1) is 0 Å². The van der Waals surface area contributed by atoms with Crippen molar-refractivity contribution in [2.75, 3.05) is 13.2 Å². The Labute approximate surface area is 431 Å². The summed E-state index contributed by atoms with van der Waals surface area (Å²) in [5.74, 6) is -1.11. The van der Waals surface area contributed by atoms with E-state index in [4.69, 9.17) is 18.5 Å². The molecule has 0 radical (unpaired) electrons. The molecule has 1 fully saturated rings. The smallest absolute Gasteiger partial charge is 0.462 e. The summed E-state index contributed by atoms with van der Waals surface area (Å²) in [4.78, 5) is 35.9. The number of unbranched alkanes of at least 4 members (excludes halogenated alkanes) is 28. The lowest BCUT2D eigenvalue weighted by molar-refractivity contribution is -0.220. The molecule has 0 aliphatic heterocycles. The molecule has 0 aromatic carbocycles. The molecule has 414 valence electrons. The molecule has 1 saturated carbocycles. The zero-order valence-electron chi connectivity index (χ0n) is 44.5. The summed E-state index contributed by atoms with van der Waals surface area (Å²) in [6, 6.07) is 0. The van der Waals surface area contributed by atoms with Crippen LogP contribution in [-0.4, -0.2) is 98.3 Å². The monoisotopic (exact) mass is 1030 g/mol. The van der Waals surface area contributed by atoms with Gasteiger partial charge in [0.15, 0.2) is 6.10 Å². The van der Waals surface area contributed by atoms with Crippen molar-refractivity contribution < 1.29 is 63.1 Å². The number of hydrogen-bond acceptors (Lipinski definition) is 12. The maximum absolute atomic E-state index is 12.9. The Bertz CT molecular complexity index is 1420. The maximum Gasteiger partial charge on any atom is 0.472 e. The van der Waals surface area contributed by atoms with E-state index in [1.54, 1.807) is 0 Å². The third kappa shape index (κ3) is 38.1. The fraction of sp³-hybridized carbons (Fsp3) is 0.825. The van der Waals surface area contributed by atoms with Crippen molar-refractivity contribution in [2.45, 2.75) is 288 Å². The van der Waals surface area contributed by atoms with Gasteiger partial charge in [0.05, 0.1) is 6.61 Å². The molecule has 13 nitrogen and oxygen atoms in total. The summed E-state index contributed by atoms with van der Waals surface area (Å²) in [5.41, 5.74) is 0. The zero-order chi connectivity index (χ0) is 52.1. The van der Waals surface area contributed by atoms with Crippen molar-refractivity contribution in [3.63, 3.8) is 0 Å². The van der Waals surface area contributed by atoms with Gasteiger partial charge < -0.3 is 39.9 Å². The molecule has 6 N–H and O–H groups in total. The van der Waals surface area contributed by atoms with Crippen LogP contribution in [0.5, 0.6) is 0 Å². The van der Waals surface area contributed by atoms with Crippen molar-refractivity contribution in [1.82, 2.24) is 0 Å². The first-order chi connectivity index (χ1) is 34.4. The van der Waals surface area contributed by atoms with Crippen LogP contribution in [0.25, 0.3) is 0 Å². The third-order valence-corrected chi connectivity index (χ3v) is 14.1. The third-order valence-electron chi connectivity index (χ3n) is 13.1. The van der Waals surface area contributed by atoms with Crippen LogP contribution in [0.15, 0.2) is 48.6 Å². The molecular weight excluding hydrogens is 924 g/mol. The molecule has 71 heavy (non-hydrogen) atoms. The maximum atomic E-state index is 12.9. The lowest BCUT2D eigenvalue weighted by Gasteiger charge is -2.41. The van der Waals surface area contributed by atoms with Crippen molar-refractivity contribution in [1.29, 1.82) is 0 Å². The van der Waals surface area contributed by atoms with Gasteiger partial charge in [-0.25, -0.2) is 4.57 Å². The van der Waals surface area contributed by atoms with Gasteiger partial charge in [0.1, 0.15) is 43.2 Å². The van der Waals surface area contributed by atoms with Gasteiger partial charge in [0, 0.05) is 12.8 Å². The topological polar surface area (TPSA) is 210 Å². The van der Waals surface area contributed by atoms with Crippen LogP contribution in [-0.2, 0) is 32.7 Å². The van der Waals surface area contributed by atoms with Gasteiger partial charge in [0.25, 0.3) is 0 Å². The van der Waals surface area contributed by atoms with E-state index in [1.165, 1.54) is 128 Å². The normalized spacial score (nSPS) is 21.0. The number of allylic oxidation sites excluding steroid dienone is 8. The minimum atomic E-state index is -5.13. The Morgan fingerprint density at radius 2 is 0.761 bits per heavy atom. The molecule has 0 saturated heterocycles. The fourth-order valence-corrected chi connectivity index (χ4v) is 9.56. The van der Waals surface area contributed by atoms with E-state index in [9.17, 15) is 44.6 Å². The first-order valence-corrected chi connectivity index (χ1v) is 29.9. The van der Waals surface area contributed by atoms with Gasteiger partial charge in [-0.1, -0.05) is 204 Å². The molecule has 0 aromatic heterocycles. The molecule has 0 spiro atoms. The van der Waals surface area contributed by atoms with Crippen LogP contribution in [0.2, 0.25) is 0 Å². The highest BCUT2D eigenvalue weighted by atomic mass is 31.2. The largest absolute Gasteiger partial charge is 0.472 e. The fourth-order valence-electron chi connectivity index (χ4n) is 8.58. The van der Waals surface area contributed by atoms with E-state index in [0.717, 1.165) is 77.0 Å². The Morgan fingerprint density at radius 1 is 0.437 bits per heavy atom. The molecule has 1 aliphatic rings. The van der Waals surface area contributed by atoms with Crippen LogP contribution in [0.1, 0.15) is 245 Å². The van der Waals surface area contributed by atoms with E-state index >= 15 is 0 Å². The van der Waals surface area contributed by atoms with E-state index in [-0.39, 0.29) is 12.8 Å². The summed E-state index contributed by atoms with van der Waals surface area (Å²) in [5, 5.41) is 50.4. The Hall–Kier alpha value is -2.19. The average Bonchev–Trinajstić information content (AvgIpc) is 3.35. The summed E-state index contributed by atoms with van der Waals surface area (Å²) in [7, 11) is -5.13. The second-order valence-corrected chi connectivity index (χ2v) is 21.2. The quantitative estimate of drug-likeness (QED) is 0.0145. The molecule has 0 amide bonds. The molecule has 0 heterocycles. The summed E-state index contributed by atoms with van der Waals surface area (Å²) < 4.78 is 33.7. The Kier molecular flexibility index (Phi) is 43.6. The van der Waals surface area contributed by atoms with E-state index in [1.807, 2.05) is 0 Å². The number of carbonyl (C=O) groups is 2. The highest BCUT2D eigenvalue weighted by Gasteiger charge is 2.51. The first kappa shape index (κ1) is 66.8. The van der Waals surface area contributed by atoms with Crippen molar-refractivity contribution in [3.05, 3.63) is 48.6 Å². The number of rotatable bonds is 48. The molecule has 1 aliphatic carbocycles. The predicted molar refractivity (Wildman–Crippen MR) is 286 cm³/mol. The Balaban J connectivity index is 2.35. The first-order valence-electron chi connectivity index (χ1n) is 28.4. The second-order valence-electron chi connectivity index (χ2n) is 19.8. The number of aliphatic hydroxyl groups excluding tert-OH is 5. The molecule has 14 heteroatoms. The van der Waals surface area contributed by atoms with Gasteiger partial charge in [-0.3, -0.25) is 18.6 Å². The highest BCUT2D eigenvalue weighted by molar-refractivity contribution is 7.47. The summed E-state index contributed by atoms with van der Waals surface area (Å²) in [6.45, 7) is 3.30. The van der Waals surface area contributed by atoms with Crippen LogP contribution in [0, 0.1) is 0 Å². The minimum Gasteiger partial charge on any atom is -0.462 e. The van der Waals surface area contributed by atoms with Crippen LogP contribution < -0.4 is 0 Å². The number of phosphoric acid groups is 1. The highest BCUT2D eigenvalue weighted by Crippen LogP contribution is 2.47. The Morgan fingerprint density at radius 3 is 1.20 bits per heavy atom. The van der Waals surface area contributed by atoms with Crippen LogP contribution in [0.4, 0.5) is 0 Å². The SMILES string of the molecule is CCCCC/C=C\C/C=C\C/C=C\CCCCCCCCC(=O)OC(COC(=O)CCCCCCCCCCCCC/C=C\CCCCCCCCCC)COP(=O)(O)OC1C(O)C(O)C(O)C(O)C1O. The van der Waals surface area contributed by atoms with Crippen LogP contribution >= 0.6 is 7.82 Å². The van der Waals surface area contributed by atoms with Gasteiger partial charge in [-0.05, 0) is 77.0 Å². The van der Waals surface area contributed by atoms with Gasteiger partial charge >= 0.3 is 19.8 Å². The summed E-state index contributed by atoms with van der Waals surface area (Å²) >= 11 is 0. The molecule has 6 atom stereocenters. The number of esters is 2. The van der Waals surface area contributed by atoms with E-state index in [0.29, 0.717) is 12.8 Å². The van der Waals surface area contributed by atoms with E-state index < -0.39 is 75.7 Å². The molecular formula is C57H103O13P. The van der Waals surface area contributed by atoms with Crippen molar-refractivity contribution in [3.8, 4) is 0 Å². The van der Waals surface area contributed by atoms with E-state index in [2.05, 4.69) is 62.5 Å². The number of phosphoric ester groups is 1. The van der Waals surface area contributed by atoms with Crippen molar-refractivity contribution in [2.24, 2.45) is 0 Å². The minimum absolute atomic E-state index is 0.0819. The number of ether oxygens (including phenoxy) is 2. The standard InChI is InChI=1S/C57H103O13P/c1-3-5-7-9-11-13-15-17-19-21-23-24-25-26-28-29-31-33-35-37-39-41-43-45-50(58)67-47-49(48-68-71(65,66)70-57-55(63)53(61)52(60)54(62)56(57)64)69-51(59)46-44-42-40-38-36-34-32-30-27-22-20-18-16-14-12-10-8-6-4-2/h12,14,18,20-21,23,27,30,49,52-57,60-64H,3-11,13,15-17,19,22,24-26,28-29,31-48H2,1-2H3,(H,65,66)/b14-12-,20-18-,23-21-,30-27-. The predicted octanol–water partition coefficient (Wildman–Crippen LogP) is 13.1. The molecule has 0 bridgehead atoms. The van der Waals surface area contributed by atoms with Gasteiger partial charge in [0.2, 0.25) is 0 Å². The number of aliphatic hydroxyl groups is 5. The molecule has 0 aromatic rings. The lowest BCUT2D eigenvalue weighted by atomic mass is 9.85. The number of carbonyl (C=O) groups excluding carboxylic acids is 2. The second kappa shape index (κ2) is 46.3. The van der Waals surface area contributed by atoms with Gasteiger partial charge in [-0.2, -0.15) is 0 Å². The number of hydrogen-bond donors (Lipinski definition) is 6. The average molecular weight is 1030 g/mol.